The Labute approximate surface area is 126 Å². The second-order valence-corrected chi connectivity index (χ2v) is 5.10. The molecule has 0 aromatic carbocycles. The number of hydrogen-bond acceptors (Lipinski definition) is 1. The molecule has 2 nitrogen and oxygen atoms in total. The van der Waals surface area contributed by atoms with Crippen LogP contribution in [-0.2, 0) is 6.42 Å². The van der Waals surface area contributed by atoms with Crippen molar-refractivity contribution in [2.75, 3.05) is 0 Å². The van der Waals surface area contributed by atoms with E-state index >= 15 is 0 Å². The molecule has 104 valence electrons. The van der Waals surface area contributed by atoms with Gasteiger partial charge in [-0.1, -0.05) is 6.92 Å². The number of aliphatic imine (C=N–C) groups is 1. The molecule has 1 N–H and O–H groups in total. The number of hydrogen-bond donors (Lipinski definition) is 1. The minimum Gasteiger partial charge on any atom is -0.359 e. The highest BCUT2D eigenvalue weighted by Crippen LogP contribution is 2.28. The third kappa shape index (κ3) is 2.76. The minimum absolute atomic E-state index is 0. The zero-order valence-corrected chi connectivity index (χ0v) is 14.4. The predicted molar refractivity (Wildman–Crippen MR) is 89.4 cm³/mol. The molecule has 0 unspecified atom stereocenters. The Morgan fingerprint density at radius 2 is 1.68 bits per heavy atom. The van der Waals surface area contributed by atoms with Gasteiger partial charge in [0.2, 0.25) is 0 Å². The predicted octanol–water partition coefficient (Wildman–Crippen LogP) is 4.92. The van der Waals surface area contributed by atoms with Crippen LogP contribution >= 0.6 is 17.0 Å². The number of nitrogens with one attached hydrogen (secondary N) is 1. The first-order valence-electron chi connectivity index (χ1n) is 6.59. The van der Waals surface area contributed by atoms with Crippen LogP contribution in [0.1, 0.15) is 50.2 Å². The minimum atomic E-state index is 0. The van der Waals surface area contributed by atoms with Gasteiger partial charge in [-0.25, -0.2) is 0 Å². The van der Waals surface area contributed by atoms with Crippen LogP contribution in [-0.4, -0.2) is 10.7 Å². The van der Waals surface area contributed by atoms with Crippen molar-refractivity contribution in [2.45, 2.75) is 48.0 Å². The summed E-state index contributed by atoms with van der Waals surface area (Å²) in [5, 5.41) is 0. The Balaban J connectivity index is 0.00000180. The van der Waals surface area contributed by atoms with Crippen molar-refractivity contribution in [3.05, 3.63) is 39.4 Å². The summed E-state index contributed by atoms with van der Waals surface area (Å²) in [5.41, 5.74) is 10.1. The van der Waals surface area contributed by atoms with E-state index in [1.165, 1.54) is 33.7 Å². The van der Waals surface area contributed by atoms with Crippen molar-refractivity contribution < 1.29 is 0 Å². The van der Waals surface area contributed by atoms with Crippen molar-refractivity contribution in [3.8, 4) is 0 Å². The molecule has 0 atom stereocenters. The number of allylic oxidation sites excluding steroid dienone is 2. The van der Waals surface area contributed by atoms with Crippen molar-refractivity contribution in [3.63, 3.8) is 0 Å². The zero-order valence-electron chi connectivity index (χ0n) is 12.6. The Kier molecular flexibility index (Phi) is 4.97. The molecule has 0 aliphatic carbocycles. The van der Waals surface area contributed by atoms with E-state index < -0.39 is 0 Å². The normalized spacial score (nSPS) is 16.9. The van der Waals surface area contributed by atoms with Gasteiger partial charge in [0.15, 0.2) is 0 Å². The van der Waals surface area contributed by atoms with Crippen molar-refractivity contribution >= 4 is 28.8 Å². The monoisotopic (exact) mass is 322 g/mol. The molecule has 0 fully saturated rings. The van der Waals surface area contributed by atoms with E-state index in [2.05, 4.69) is 57.6 Å². The maximum atomic E-state index is 4.64. The highest BCUT2D eigenvalue weighted by molar-refractivity contribution is 8.93. The lowest BCUT2D eigenvalue weighted by atomic mass is 10.1. The topological polar surface area (TPSA) is 28.1 Å². The van der Waals surface area contributed by atoms with Gasteiger partial charge < -0.3 is 4.98 Å². The van der Waals surface area contributed by atoms with Crippen molar-refractivity contribution in [2.24, 2.45) is 4.99 Å². The Hall–Kier alpha value is -1.09. The molecule has 0 saturated heterocycles. The third-order valence-electron chi connectivity index (χ3n) is 4.04. The molecule has 0 amide bonds. The lowest BCUT2D eigenvalue weighted by Crippen LogP contribution is -1.87. The van der Waals surface area contributed by atoms with Crippen molar-refractivity contribution in [1.29, 1.82) is 0 Å². The molecule has 2 rings (SSSR count). The number of rotatable bonds is 2. The maximum absolute atomic E-state index is 4.64. The van der Waals surface area contributed by atoms with E-state index in [1.54, 1.807) is 0 Å². The number of halogens is 1. The van der Waals surface area contributed by atoms with Crippen LogP contribution in [0.4, 0.5) is 0 Å². The maximum Gasteiger partial charge on any atom is 0.0686 e. The number of aromatic amines is 1. The number of aromatic nitrogens is 1. The first-order chi connectivity index (χ1) is 8.45. The molecule has 1 aliphatic rings. The highest BCUT2D eigenvalue weighted by Gasteiger charge is 2.15. The molecule has 0 spiro atoms. The lowest BCUT2D eigenvalue weighted by molar-refractivity contribution is 1.08. The van der Waals surface area contributed by atoms with Crippen LogP contribution < -0.4 is 0 Å². The average molecular weight is 323 g/mol. The van der Waals surface area contributed by atoms with Gasteiger partial charge in [0.05, 0.1) is 5.70 Å². The molecule has 0 radical (unpaired) electrons. The number of H-pyrrole nitrogens is 1. The fraction of sp³-hybridized carbons (Fsp3) is 0.438. The van der Waals surface area contributed by atoms with Crippen LogP contribution in [0.5, 0.6) is 0 Å². The summed E-state index contributed by atoms with van der Waals surface area (Å²) in [6.45, 7) is 12.9. The van der Waals surface area contributed by atoms with Crippen LogP contribution in [0, 0.1) is 13.8 Å². The molecule has 3 heteroatoms. The van der Waals surface area contributed by atoms with Gasteiger partial charge in [-0.2, -0.15) is 0 Å². The Morgan fingerprint density at radius 1 is 1.05 bits per heavy atom. The third-order valence-corrected chi connectivity index (χ3v) is 4.04. The quantitative estimate of drug-likeness (QED) is 0.800. The molecular weight excluding hydrogens is 300 g/mol. The smallest absolute Gasteiger partial charge is 0.0686 e. The lowest BCUT2D eigenvalue weighted by Gasteiger charge is -1.99. The van der Waals surface area contributed by atoms with Gasteiger partial charge in [0.1, 0.15) is 0 Å². The van der Waals surface area contributed by atoms with E-state index in [0.717, 1.165) is 17.8 Å². The average Bonchev–Trinajstić information content (AvgIpc) is 2.72. The summed E-state index contributed by atoms with van der Waals surface area (Å²) in [6, 6.07) is 0. The largest absolute Gasteiger partial charge is 0.359 e. The summed E-state index contributed by atoms with van der Waals surface area (Å²) >= 11 is 0. The van der Waals surface area contributed by atoms with Gasteiger partial charge in [0.25, 0.3) is 0 Å². The Bertz CT molecular complexity index is 586. The molecule has 0 saturated carbocycles. The fourth-order valence-electron chi connectivity index (χ4n) is 2.58. The second-order valence-electron chi connectivity index (χ2n) is 5.10. The molecule has 1 aromatic rings. The Morgan fingerprint density at radius 3 is 2.11 bits per heavy atom. The summed E-state index contributed by atoms with van der Waals surface area (Å²) in [4.78, 5) is 8.11. The van der Waals surface area contributed by atoms with Gasteiger partial charge in [-0.3, -0.25) is 4.99 Å². The van der Waals surface area contributed by atoms with Gasteiger partial charge >= 0.3 is 0 Å². The first-order valence-corrected chi connectivity index (χ1v) is 6.59. The van der Waals surface area contributed by atoms with Crippen LogP contribution in [0.3, 0.4) is 0 Å². The highest BCUT2D eigenvalue weighted by atomic mass is 79.9. The first kappa shape index (κ1) is 16.0. The standard InChI is InChI=1S/C16H22N2.BrH/c1-7-14-11(4)16(18-13(14)6)8-15-10(3)9(2)12(5)17-15;/h8,18H,7H2,1-6H3;1H/b15-8-;. The summed E-state index contributed by atoms with van der Waals surface area (Å²) in [7, 11) is 0. The van der Waals surface area contributed by atoms with E-state index in [4.69, 9.17) is 0 Å². The summed E-state index contributed by atoms with van der Waals surface area (Å²) in [6.07, 6.45) is 3.25. The zero-order chi connectivity index (χ0) is 13.4. The van der Waals surface area contributed by atoms with Crippen LogP contribution in [0.25, 0.3) is 6.08 Å². The molecule has 1 aliphatic heterocycles. The van der Waals surface area contributed by atoms with Gasteiger partial charge in [0, 0.05) is 17.1 Å². The van der Waals surface area contributed by atoms with Gasteiger partial charge in [-0.15, -0.1) is 17.0 Å². The molecule has 2 heterocycles. The van der Waals surface area contributed by atoms with E-state index in [0.29, 0.717) is 0 Å². The van der Waals surface area contributed by atoms with Crippen LogP contribution in [0.2, 0.25) is 0 Å². The molecule has 1 aromatic heterocycles. The number of aryl methyl sites for hydroxylation is 1. The van der Waals surface area contributed by atoms with E-state index in [9.17, 15) is 0 Å². The molecular formula is C16H23BrN2. The molecule has 0 bridgehead atoms. The summed E-state index contributed by atoms with van der Waals surface area (Å²) < 4.78 is 0. The van der Waals surface area contributed by atoms with Crippen molar-refractivity contribution in [1.82, 2.24) is 4.98 Å². The van der Waals surface area contributed by atoms with E-state index in [1.807, 2.05) is 0 Å². The number of nitrogens with zero attached hydrogens (tertiary/aromatic N) is 1. The summed E-state index contributed by atoms with van der Waals surface area (Å²) in [5.74, 6) is 0. The second kappa shape index (κ2) is 5.91. The van der Waals surface area contributed by atoms with Gasteiger partial charge in [-0.05, 0) is 69.4 Å². The molecule has 19 heavy (non-hydrogen) atoms. The SMILES string of the molecule is Br.CCc1c(C)[nH]c(/C=C2\N=C(C)C(C)=C2C)c1C. The fourth-order valence-corrected chi connectivity index (χ4v) is 2.58. The van der Waals surface area contributed by atoms with E-state index in [-0.39, 0.29) is 17.0 Å². The van der Waals surface area contributed by atoms with Crippen LogP contribution in [0.15, 0.2) is 21.8 Å².